The van der Waals surface area contributed by atoms with Crippen molar-refractivity contribution >= 4 is 35.3 Å². The summed E-state index contributed by atoms with van der Waals surface area (Å²) in [5, 5.41) is 4.59. The fraction of sp³-hybridized carbons (Fsp3) is 0.471. The third kappa shape index (κ3) is 5.60. The summed E-state index contributed by atoms with van der Waals surface area (Å²) in [5.74, 6) is -0.410. The molecule has 7 nitrogen and oxygen atoms in total. The second kappa shape index (κ2) is 9.22. The fourth-order valence-corrected chi connectivity index (χ4v) is 3.13. The summed E-state index contributed by atoms with van der Waals surface area (Å²) in [6, 6.07) is 3.84. The zero-order valence-electron chi connectivity index (χ0n) is 14.5. The Labute approximate surface area is 151 Å². The molecular weight excluding hydrogens is 342 g/mol. The van der Waals surface area contributed by atoms with Gasteiger partial charge in [0.1, 0.15) is 0 Å². The van der Waals surface area contributed by atoms with E-state index in [0.717, 1.165) is 4.88 Å². The van der Waals surface area contributed by atoms with Crippen LogP contribution in [0.5, 0.6) is 0 Å². The molecule has 1 aliphatic heterocycles. The molecule has 0 atom stereocenters. The highest BCUT2D eigenvalue weighted by Gasteiger charge is 2.24. The minimum absolute atomic E-state index is 0.0478. The van der Waals surface area contributed by atoms with Gasteiger partial charge >= 0.3 is 6.09 Å². The first-order valence-electron chi connectivity index (χ1n) is 8.20. The average Bonchev–Trinajstić information content (AvgIpc) is 3.12. The summed E-state index contributed by atoms with van der Waals surface area (Å²) in [4.78, 5) is 40.1. The van der Waals surface area contributed by atoms with Crippen LogP contribution in [0.25, 0.3) is 6.08 Å². The molecule has 25 heavy (non-hydrogen) atoms. The highest BCUT2D eigenvalue weighted by Crippen LogP contribution is 2.13. The van der Waals surface area contributed by atoms with Crippen LogP contribution in [-0.4, -0.2) is 67.0 Å². The number of hydrogen-bond acceptors (Lipinski definition) is 5. The molecular formula is C17H23N3O4S. The standard InChI is InChI=1S/C17H23N3O4S/c1-3-24-17(23)20-8-6-19(7-9-20)15(21)12-18-16(22)13(2)11-14-5-4-10-25-14/h4-5,10-11H,3,6-9,12H2,1-2H3,(H,18,22)/b13-11+. The molecule has 8 heteroatoms. The lowest BCUT2D eigenvalue weighted by molar-refractivity contribution is -0.133. The molecule has 1 N–H and O–H groups in total. The number of piperazine rings is 1. The van der Waals surface area contributed by atoms with Crippen molar-refractivity contribution in [1.29, 1.82) is 0 Å². The Bertz CT molecular complexity index is 634. The van der Waals surface area contributed by atoms with Gasteiger partial charge in [0, 0.05) is 36.6 Å². The Morgan fingerprint density at radius 2 is 1.92 bits per heavy atom. The van der Waals surface area contributed by atoms with E-state index in [9.17, 15) is 14.4 Å². The third-order valence-electron chi connectivity index (χ3n) is 3.82. The maximum absolute atomic E-state index is 12.2. The predicted molar refractivity (Wildman–Crippen MR) is 96.2 cm³/mol. The lowest BCUT2D eigenvalue weighted by Gasteiger charge is -2.34. The van der Waals surface area contributed by atoms with E-state index in [0.29, 0.717) is 38.4 Å². The van der Waals surface area contributed by atoms with Gasteiger partial charge in [0.15, 0.2) is 0 Å². The Balaban J connectivity index is 1.75. The van der Waals surface area contributed by atoms with Crippen LogP contribution in [-0.2, 0) is 14.3 Å². The largest absolute Gasteiger partial charge is 0.450 e. The van der Waals surface area contributed by atoms with Gasteiger partial charge in [-0.2, -0.15) is 0 Å². The molecule has 0 saturated carbocycles. The lowest BCUT2D eigenvalue weighted by Crippen LogP contribution is -2.52. The number of nitrogens with one attached hydrogen (secondary N) is 1. The minimum atomic E-state index is -0.350. The van der Waals surface area contributed by atoms with Crippen LogP contribution in [0, 0.1) is 0 Å². The van der Waals surface area contributed by atoms with E-state index in [1.807, 2.05) is 17.5 Å². The number of carbonyl (C=O) groups excluding carboxylic acids is 3. The predicted octanol–water partition coefficient (Wildman–Crippen LogP) is 1.57. The van der Waals surface area contributed by atoms with Crippen LogP contribution in [0.3, 0.4) is 0 Å². The van der Waals surface area contributed by atoms with Crippen LogP contribution in [0.2, 0.25) is 0 Å². The van der Waals surface area contributed by atoms with E-state index in [1.54, 1.807) is 41.1 Å². The Morgan fingerprint density at radius 1 is 1.24 bits per heavy atom. The molecule has 0 unspecified atom stereocenters. The first-order valence-corrected chi connectivity index (χ1v) is 9.08. The zero-order chi connectivity index (χ0) is 18.2. The number of hydrogen-bond donors (Lipinski definition) is 1. The Morgan fingerprint density at radius 3 is 2.52 bits per heavy atom. The van der Waals surface area contributed by atoms with Crippen LogP contribution < -0.4 is 5.32 Å². The van der Waals surface area contributed by atoms with Gasteiger partial charge in [-0.1, -0.05) is 6.07 Å². The normalized spacial score (nSPS) is 15.0. The van der Waals surface area contributed by atoms with E-state index < -0.39 is 0 Å². The number of carbonyl (C=O) groups is 3. The molecule has 3 amide bonds. The second-order valence-electron chi connectivity index (χ2n) is 5.59. The summed E-state index contributed by atoms with van der Waals surface area (Å²) in [6.07, 6.45) is 1.44. The molecule has 0 spiro atoms. The van der Waals surface area contributed by atoms with Crippen molar-refractivity contribution in [1.82, 2.24) is 15.1 Å². The van der Waals surface area contributed by atoms with Crippen molar-refractivity contribution in [2.75, 3.05) is 39.3 Å². The zero-order valence-corrected chi connectivity index (χ0v) is 15.3. The van der Waals surface area contributed by atoms with Gasteiger partial charge in [0.25, 0.3) is 0 Å². The molecule has 2 rings (SSSR count). The summed E-state index contributed by atoms with van der Waals surface area (Å²) < 4.78 is 4.95. The molecule has 1 aromatic rings. The summed E-state index contributed by atoms with van der Waals surface area (Å²) in [5.41, 5.74) is 0.558. The molecule has 0 bridgehead atoms. The topological polar surface area (TPSA) is 79.0 Å². The molecule has 1 saturated heterocycles. The first kappa shape index (κ1) is 19.0. The molecule has 1 aromatic heterocycles. The van der Waals surface area contributed by atoms with Crippen molar-refractivity contribution in [3.63, 3.8) is 0 Å². The van der Waals surface area contributed by atoms with Gasteiger partial charge in [-0.05, 0) is 31.4 Å². The van der Waals surface area contributed by atoms with Gasteiger partial charge in [0.2, 0.25) is 11.8 Å². The SMILES string of the molecule is CCOC(=O)N1CCN(C(=O)CNC(=O)/C(C)=C/c2cccs2)CC1. The molecule has 2 heterocycles. The van der Waals surface area contributed by atoms with E-state index in [2.05, 4.69) is 5.32 Å². The smallest absolute Gasteiger partial charge is 0.409 e. The number of nitrogens with zero attached hydrogens (tertiary/aromatic N) is 2. The first-order chi connectivity index (χ1) is 12.0. The maximum atomic E-state index is 12.2. The quantitative estimate of drug-likeness (QED) is 0.804. The highest BCUT2D eigenvalue weighted by molar-refractivity contribution is 7.10. The fourth-order valence-electron chi connectivity index (χ4n) is 2.41. The van der Waals surface area contributed by atoms with Gasteiger partial charge in [0.05, 0.1) is 13.2 Å². The summed E-state index contributed by atoms with van der Waals surface area (Å²) >= 11 is 1.55. The molecule has 0 radical (unpaired) electrons. The van der Waals surface area contributed by atoms with Gasteiger partial charge in [-0.15, -0.1) is 11.3 Å². The van der Waals surface area contributed by atoms with Crippen LogP contribution >= 0.6 is 11.3 Å². The number of rotatable bonds is 5. The van der Waals surface area contributed by atoms with Gasteiger partial charge in [-0.3, -0.25) is 9.59 Å². The third-order valence-corrected chi connectivity index (χ3v) is 4.64. The molecule has 0 aliphatic carbocycles. The van der Waals surface area contributed by atoms with Gasteiger partial charge in [-0.25, -0.2) is 4.79 Å². The number of amides is 3. The van der Waals surface area contributed by atoms with Crippen molar-refractivity contribution in [3.8, 4) is 0 Å². The minimum Gasteiger partial charge on any atom is -0.450 e. The van der Waals surface area contributed by atoms with E-state index in [4.69, 9.17) is 4.74 Å². The van der Waals surface area contributed by atoms with Crippen molar-refractivity contribution in [2.45, 2.75) is 13.8 Å². The van der Waals surface area contributed by atoms with Crippen LogP contribution in [0.1, 0.15) is 18.7 Å². The van der Waals surface area contributed by atoms with Crippen molar-refractivity contribution in [3.05, 3.63) is 28.0 Å². The van der Waals surface area contributed by atoms with Crippen molar-refractivity contribution in [2.24, 2.45) is 0 Å². The lowest BCUT2D eigenvalue weighted by atomic mass is 10.2. The molecule has 0 aromatic carbocycles. The van der Waals surface area contributed by atoms with Gasteiger partial charge < -0.3 is 19.9 Å². The number of thiophene rings is 1. The summed E-state index contributed by atoms with van der Waals surface area (Å²) in [6.45, 7) is 5.53. The maximum Gasteiger partial charge on any atom is 0.409 e. The van der Waals surface area contributed by atoms with Crippen molar-refractivity contribution < 1.29 is 19.1 Å². The summed E-state index contributed by atoms with van der Waals surface area (Å²) in [7, 11) is 0. The number of ether oxygens (including phenoxy) is 1. The second-order valence-corrected chi connectivity index (χ2v) is 6.57. The average molecular weight is 365 g/mol. The Hall–Kier alpha value is -2.35. The monoisotopic (exact) mass is 365 g/mol. The highest BCUT2D eigenvalue weighted by atomic mass is 32.1. The van der Waals surface area contributed by atoms with E-state index in [1.165, 1.54) is 0 Å². The molecule has 1 aliphatic rings. The van der Waals surface area contributed by atoms with E-state index >= 15 is 0 Å². The van der Waals surface area contributed by atoms with E-state index in [-0.39, 0.29) is 24.5 Å². The molecule has 1 fully saturated rings. The molecule has 136 valence electrons. The van der Waals surface area contributed by atoms with Crippen LogP contribution in [0.15, 0.2) is 23.1 Å². The van der Waals surface area contributed by atoms with Crippen LogP contribution in [0.4, 0.5) is 4.79 Å². The Kier molecular flexibility index (Phi) is 7.00.